The molecule has 9 nitrogen and oxygen atoms in total. The van der Waals surface area contributed by atoms with Crippen molar-refractivity contribution in [1.29, 1.82) is 0 Å². The molecule has 1 aromatic heterocycles. The molecule has 9 heteroatoms. The number of aryl methyl sites for hydroxylation is 2. The van der Waals surface area contributed by atoms with Gasteiger partial charge in [0.25, 0.3) is 0 Å². The summed E-state index contributed by atoms with van der Waals surface area (Å²) in [7, 11) is 3.11. The largest absolute Gasteiger partial charge is 0.496 e. The predicted molar refractivity (Wildman–Crippen MR) is 134 cm³/mol. The molecule has 0 atom stereocenters. The van der Waals surface area contributed by atoms with Crippen LogP contribution in [0.4, 0.5) is 5.95 Å². The van der Waals surface area contributed by atoms with Crippen molar-refractivity contribution in [3.63, 3.8) is 0 Å². The Morgan fingerprint density at radius 3 is 2.28 bits per heavy atom. The van der Waals surface area contributed by atoms with Gasteiger partial charge in [0.05, 0.1) is 20.6 Å². The van der Waals surface area contributed by atoms with Gasteiger partial charge in [0.15, 0.2) is 5.78 Å². The lowest BCUT2D eigenvalue weighted by atomic mass is 9.81. The molecule has 0 saturated carbocycles. The first kappa shape index (κ1) is 24.3. The number of amides is 1. The van der Waals surface area contributed by atoms with E-state index in [0.29, 0.717) is 55.2 Å². The summed E-state index contributed by atoms with van der Waals surface area (Å²) in [6.07, 6.45) is 3.12. The fraction of sp³-hybridized carbons (Fsp3) is 0.556. The van der Waals surface area contributed by atoms with Gasteiger partial charge in [-0.15, -0.1) is 0 Å². The minimum atomic E-state index is -0.595. The van der Waals surface area contributed by atoms with Crippen molar-refractivity contribution < 1.29 is 23.8 Å². The lowest BCUT2D eigenvalue weighted by Gasteiger charge is -2.45. The third-order valence-corrected chi connectivity index (χ3v) is 7.67. The van der Waals surface area contributed by atoms with E-state index in [1.54, 1.807) is 19.2 Å². The summed E-state index contributed by atoms with van der Waals surface area (Å²) in [5, 5.41) is 0. The molecule has 36 heavy (non-hydrogen) atoms. The van der Waals surface area contributed by atoms with E-state index >= 15 is 0 Å². The third-order valence-electron chi connectivity index (χ3n) is 7.67. The first-order chi connectivity index (χ1) is 17.3. The molecule has 2 aromatic rings. The molecule has 0 bridgehead atoms. The molecule has 1 spiro atoms. The van der Waals surface area contributed by atoms with Crippen LogP contribution in [0, 0.1) is 19.8 Å². The van der Waals surface area contributed by atoms with Crippen molar-refractivity contribution in [3.05, 3.63) is 35.2 Å². The molecule has 0 aliphatic carbocycles. The summed E-state index contributed by atoms with van der Waals surface area (Å²) in [6, 6.07) is 5.43. The number of hydrogen-bond acceptors (Lipinski definition) is 8. The molecule has 5 rings (SSSR count). The Balaban J connectivity index is 1.21. The zero-order valence-corrected chi connectivity index (χ0v) is 21.5. The molecule has 1 amide bonds. The number of methoxy groups -OCH3 is 2. The topological polar surface area (TPSA) is 94.1 Å². The SMILES string of the molecule is COc1cc(OC)c2c(c1)OC1(CCN(C(=O)C3CCN(c4nc(C)cc(C)n4)CC3)CC1)CC2=O. The average Bonchev–Trinajstić information content (AvgIpc) is 2.87. The minimum Gasteiger partial charge on any atom is -0.496 e. The van der Waals surface area contributed by atoms with Crippen LogP contribution in [0.15, 0.2) is 18.2 Å². The van der Waals surface area contributed by atoms with Crippen molar-refractivity contribution in [3.8, 4) is 17.2 Å². The van der Waals surface area contributed by atoms with Gasteiger partial charge in [0.1, 0.15) is 28.4 Å². The molecule has 0 unspecified atom stereocenters. The van der Waals surface area contributed by atoms with Gasteiger partial charge in [-0.2, -0.15) is 0 Å². The fourth-order valence-corrected chi connectivity index (χ4v) is 5.70. The second-order valence-corrected chi connectivity index (χ2v) is 10.1. The first-order valence-electron chi connectivity index (χ1n) is 12.6. The van der Waals surface area contributed by atoms with Crippen molar-refractivity contribution in [2.24, 2.45) is 5.92 Å². The van der Waals surface area contributed by atoms with E-state index in [2.05, 4.69) is 14.9 Å². The number of Topliss-reactive ketones (excluding diaryl/α,β-unsaturated/α-hetero) is 1. The molecule has 0 radical (unpaired) electrons. The number of likely N-dealkylation sites (tertiary alicyclic amines) is 1. The van der Waals surface area contributed by atoms with E-state index < -0.39 is 5.60 Å². The minimum absolute atomic E-state index is 0.00404. The highest BCUT2D eigenvalue weighted by atomic mass is 16.5. The van der Waals surface area contributed by atoms with Gasteiger partial charge in [-0.1, -0.05) is 0 Å². The van der Waals surface area contributed by atoms with Crippen molar-refractivity contribution in [2.75, 3.05) is 45.3 Å². The van der Waals surface area contributed by atoms with Gasteiger partial charge in [-0.25, -0.2) is 9.97 Å². The van der Waals surface area contributed by atoms with E-state index in [1.165, 1.54) is 7.11 Å². The lowest BCUT2D eigenvalue weighted by molar-refractivity contribution is -0.139. The second kappa shape index (κ2) is 9.59. The van der Waals surface area contributed by atoms with Gasteiger partial charge < -0.3 is 24.0 Å². The molecule has 3 aliphatic rings. The number of carbonyl (C=O) groups excluding carboxylic acids is 2. The highest BCUT2D eigenvalue weighted by molar-refractivity contribution is 6.03. The van der Waals surface area contributed by atoms with Crippen LogP contribution in [0.5, 0.6) is 17.2 Å². The number of benzene rings is 1. The number of piperidine rings is 2. The molecular weight excluding hydrogens is 460 g/mol. The molecular formula is C27H34N4O5. The monoisotopic (exact) mass is 494 g/mol. The average molecular weight is 495 g/mol. The summed E-state index contributed by atoms with van der Waals surface area (Å²) in [4.78, 5) is 39.7. The van der Waals surface area contributed by atoms with E-state index in [0.717, 1.165) is 43.3 Å². The Morgan fingerprint density at radius 1 is 1.00 bits per heavy atom. The number of anilines is 1. The van der Waals surface area contributed by atoms with Crippen LogP contribution in [-0.2, 0) is 4.79 Å². The van der Waals surface area contributed by atoms with Crippen LogP contribution >= 0.6 is 0 Å². The Kier molecular flexibility index (Phi) is 6.49. The van der Waals surface area contributed by atoms with Crippen molar-refractivity contribution >= 4 is 17.6 Å². The lowest BCUT2D eigenvalue weighted by Crippen LogP contribution is -2.54. The summed E-state index contributed by atoms with van der Waals surface area (Å²) in [5.41, 5.74) is 1.80. The third kappa shape index (κ3) is 4.58. The van der Waals surface area contributed by atoms with E-state index in [9.17, 15) is 9.59 Å². The maximum absolute atomic E-state index is 13.3. The molecule has 192 valence electrons. The number of aromatic nitrogens is 2. The number of rotatable bonds is 4. The normalized spacial score (nSPS) is 19.6. The zero-order valence-electron chi connectivity index (χ0n) is 21.5. The maximum atomic E-state index is 13.3. The molecule has 2 fully saturated rings. The molecule has 1 aromatic carbocycles. The van der Waals surface area contributed by atoms with Crippen LogP contribution in [0.3, 0.4) is 0 Å². The van der Waals surface area contributed by atoms with Gasteiger partial charge in [-0.05, 0) is 32.8 Å². The molecule has 2 saturated heterocycles. The van der Waals surface area contributed by atoms with Crippen LogP contribution in [0.2, 0.25) is 0 Å². The smallest absolute Gasteiger partial charge is 0.225 e. The Labute approximate surface area is 211 Å². The number of nitrogens with zero attached hydrogens (tertiary/aromatic N) is 4. The van der Waals surface area contributed by atoms with Gasteiger partial charge in [0.2, 0.25) is 11.9 Å². The van der Waals surface area contributed by atoms with E-state index in [-0.39, 0.29) is 17.6 Å². The highest BCUT2D eigenvalue weighted by Gasteiger charge is 2.45. The van der Waals surface area contributed by atoms with Gasteiger partial charge in [-0.3, -0.25) is 9.59 Å². The predicted octanol–water partition coefficient (Wildman–Crippen LogP) is 3.35. The Morgan fingerprint density at radius 2 is 1.67 bits per heavy atom. The summed E-state index contributed by atoms with van der Waals surface area (Å²) in [5.74, 6) is 2.53. The second-order valence-electron chi connectivity index (χ2n) is 10.1. The number of ketones is 1. The van der Waals surface area contributed by atoms with Crippen LogP contribution in [0.25, 0.3) is 0 Å². The van der Waals surface area contributed by atoms with Crippen molar-refractivity contribution in [2.45, 2.75) is 51.6 Å². The zero-order chi connectivity index (χ0) is 25.4. The van der Waals surface area contributed by atoms with Crippen LogP contribution < -0.4 is 19.1 Å². The molecule has 4 heterocycles. The maximum Gasteiger partial charge on any atom is 0.225 e. The van der Waals surface area contributed by atoms with Gasteiger partial charge >= 0.3 is 0 Å². The number of hydrogen-bond donors (Lipinski definition) is 0. The number of ether oxygens (including phenoxy) is 3. The van der Waals surface area contributed by atoms with E-state index in [1.807, 2.05) is 24.8 Å². The van der Waals surface area contributed by atoms with Gasteiger partial charge in [0, 0.05) is 68.5 Å². The highest BCUT2D eigenvalue weighted by Crippen LogP contribution is 2.45. The fourth-order valence-electron chi connectivity index (χ4n) is 5.70. The first-order valence-corrected chi connectivity index (χ1v) is 12.6. The standard InChI is InChI=1S/C27H34N4O5/c1-17-13-18(2)29-26(28-17)31-9-5-19(6-10-31)25(33)30-11-7-27(8-12-30)16-21(32)24-22(35-4)14-20(34-3)15-23(24)36-27/h13-15,19H,5-12,16H2,1-4H3. The van der Waals surface area contributed by atoms with Crippen LogP contribution in [-0.4, -0.2) is 72.6 Å². The summed E-state index contributed by atoms with van der Waals surface area (Å²) < 4.78 is 17.2. The number of fused-ring (bicyclic) bond motifs is 1. The summed E-state index contributed by atoms with van der Waals surface area (Å²) >= 11 is 0. The molecule has 0 N–H and O–H groups in total. The number of carbonyl (C=O) groups is 2. The summed E-state index contributed by atoms with van der Waals surface area (Å²) in [6.45, 7) is 6.68. The Bertz CT molecular complexity index is 1150. The Hall–Kier alpha value is -3.36. The molecule has 3 aliphatic heterocycles. The van der Waals surface area contributed by atoms with Crippen molar-refractivity contribution in [1.82, 2.24) is 14.9 Å². The van der Waals surface area contributed by atoms with E-state index in [4.69, 9.17) is 14.2 Å². The van der Waals surface area contributed by atoms with Crippen LogP contribution in [0.1, 0.15) is 53.8 Å². The quantitative estimate of drug-likeness (QED) is 0.639.